The number of halogens is 1. The molecule has 0 saturated heterocycles. The van der Waals surface area contributed by atoms with Gasteiger partial charge in [0.15, 0.2) is 0 Å². The zero-order valence-corrected chi connectivity index (χ0v) is 12.2. The van der Waals surface area contributed by atoms with Gasteiger partial charge in [-0.1, -0.05) is 59.6 Å². The van der Waals surface area contributed by atoms with Crippen molar-refractivity contribution < 1.29 is 4.79 Å². The van der Waals surface area contributed by atoms with Crippen molar-refractivity contribution in [1.29, 1.82) is 0 Å². The highest BCUT2D eigenvalue weighted by Gasteiger charge is 2.08. The van der Waals surface area contributed by atoms with Crippen molar-refractivity contribution in [3.63, 3.8) is 0 Å². The number of anilines is 1. The molecule has 0 saturated carbocycles. The minimum Gasteiger partial charge on any atom is -0.321 e. The summed E-state index contributed by atoms with van der Waals surface area (Å²) in [6.45, 7) is 3.97. The van der Waals surface area contributed by atoms with Crippen molar-refractivity contribution in [1.82, 2.24) is 0 Å². The first-order chi connectivity index (χ1) is 9.56. The number of nitrogens with one attached hydrogen (secondary N) is 1. The lowest BCUT2D eigenvalue weighted by molar-refractivity contribution is -0.112. The van der Waals surface area contributed by atoms with Gasteiger partial charge in [-0.3, -0.25) is 4.79 Å². The molecule has 0 spiro atoms. The topological polar surface area (TPSA) is 29.1 Å². The van der Waals surface area contributed by atoms with Crippen LogP contribution in [0.2, 0.25) is 0 Å². The van der Waals surface area contributed by atoms with Gasteiger partial charge in [0.05, 0.1) is 0 Å². The zero-order chi connectivity index (χ0) is 14.5. The van der Waals surface area contributed by atoms with Crippen LogP contribution in [0.4, 0.5) is 5.69 Å². The van der Waals surface area contributed by atoms with E-state index in [2.05, 4.69) is 5.32 Å². The molecule has 0 heterocycles. The fourth-order valence-corrected chi connectivity index (χ4v) is 2.07. The third-order valence-corrected chi connectivity index (χ3v) is 3.22. The van der Waals surface area contributed by atoms with E-state index >= 15 is 0 Å². The zero-order valence-electron chi connectivity index (χ0n) is 11.5. The Morgan fingerprint density at radius 2 is 1.80 bits per heavy atom. The molecule has 102 valence electrons. The number of carbonyl (C=O) groups is 1. The molecule has 0 radical (unpaired) electrons. The summed E-state index contributed by atoms with van der Waals surface area (Å²) < 4.78 is 0. The Balaban J connectivity index is 2.14. The smallest absolute Gasteiger partial charge is 0.267 e. The summed E-state index contributed by atoms with van der Waals surface area (Å²) in [5.41, 5.74) is 3.85. The summed E-state index contributed by atoms with van der Waals surface area (Å²) in [5.74, 6) is -0.303. The Hall–Kier alpha value is -2.06. The maximum Gasteiger partial charge on any atom is 0.267 e. The van der Waals surface area contributed by atoms with Crippen LogP contribution in [0.5, 0.6) is 0 Å². The largest absolute Gasteiger partial charge is 0.321 e. The standard InChI is InChI=1S/C17H16ClNO/c1-12-8-9-16(13(2)10-12)19-17(20)15(18)11-14-6-4-3-5-7-14/h3-11H,1-2H3,(H,19,20). The first kappa shape index (κ1) is 14.4. The second kappa shape index (κ2) is 6.40. The molecule has 3 heteroatoms. The maximum atomic E-state index is 12.0. The molecular formula is C17H16ClNO. The summed E-state index contributed by atoms with van der Waals surface area (Å²) in [4.78, 5) is 12.0. The van der Waals surface area contributed by atoms with Crippen molar-refractivity contribution in [2.75, 3.05) is 5.32 Å². The molecule has 1 N–H and O–H groups in total. The molecule has 2 aromatic rings. The van der Waals surface area contributed by atoms with E-state index in [0.717, 1.165) is 22.4 Å². The van der Waals surface area contributed by atoms with Crippen LogP contribution in [0, 0.1) is 13.8 Å². The van der Waals surface area contributed by atoms with Gasteiger partial charge in [0, 0.05) is 5.69 Å². The lowest BCUT2D eigenvalue weighted by Gasteiger charge is -2.08. The molecule has 2 rings (SSSR count). The minimum absolute atomic E-state index is 0.163. The fraction of sp³-hybridized carbons (Fsp3) is 0.118. The third-order valence-electron chi connectivity index (χ3n) is 2.94. The number of hydrogen-bond acceptors (Lipinski definition) is 1. The Kier molecular flexibility index (Phi) is 4.59. The number of carbonyl (C=O) groups excluding carboxylic acids is 1. The molecule has 0 aliphatic heterocycles. The molecule has 2 aromatic carbocycles. The normalized spacial score (nSPS) is 11.2. The van der Waals surface area contributed by atoms with Crippen molar-refractivity contribution in [3.8, 4) is 0 Å². The second-order valence-corrected chi connectivity index (χ2v) is 5.08. The molecule has 20 heavy (non-hydrogen) atoms. The Bertz CT molecular complexity index is 647. The van der Waals surface area contributed by atoms with Gasteiger partial charge >= 0.3 is 0 Å². The fourth-order valence-electron chi connectivity index (χ4n) is 1.90. The summed E-state index contributed by atoms with van der Waals surface area (Å²) >= 11 is 6.05. The summed E-state index contributed by atoms with van der Waals surface area (Å²) in [7, 11) is 0. The Labute approximate surface area is 124 Å². The molecule has 0 unspecified atom stereocenters. The lowest BCUT2D eigenvalue weighted by Crippen LogP contribution is -2.12. The van der Waals surface area contributed by atoms with Crippen molar-refractivity contribution >= 4 is 29.3 Å². The van der Waals surface area contributed by atoms with E-state index in [0.29, 0.717) is 0 Å². The molecule has 0 atom stereocenters. The van der Waals surface area contributed by atoms with Crippen LogP contribution in [0.1, 0.15) is 16.7 Å². The molecule has 0 aliphatic carbocycles. The van der Waals surface area contributed by atoms with Gasteiger partial charge in [0.2, 0.25) is 0 Å². The van der Waals surface area contributed by atoms with E-state index in [-0.39, 0.29) is 10.9 Å². The Morgan fingerprint density at radius 3 is 2.45 bits per heavy atom. The summed E-state index contributed by atoms with van der Waals surface area (Å²) in [6, 6.07) is 15.4. The van der Waals surface area contributed by atoms with Crippen molar-refractivity contribution in [2.24, 2.45) is 0 Å². The predicted molar refractivity (Wildman–Crippen MR) is 84.8 cm³/mol. The molecule has 0 bridgehead atoms. The number of rotatable bonds is 3. The van der Waals surface area contributed by atoms with E-state index in [1.165, 1.54) is 0 Å². The maximum absolute atomic E-state index is 12.0. The van der Waals surface area contributed by atoms with Gasteiger partial charge in [-0.2, -0.15) is 0 Å². The highest BCUT2D eigenvalue weighted by atomic mass is 35.5. The van der Waals surface area contributed by atoms with Crippen LogP contribution in [0.25, 0.3) is 6.08 Å². The number of benzene rings is 2. The Morgan fingerprint density at radius 1 is 1.10 bits per heavy atom. The van der Waals surface area contributed by atoms with E-state index in [1.54, 1.807) is 6.08 Å². The first-order valence-corrected chi connectivity index (χ1v) is 6.75. The quantitative estimate of drug-likeness (QED) is 0.825. The second-order valence-electron chi connectivity index (χ2n) is 4.68. The monoisotopic (exact) mass is 285 g/mol. The molecule has 0 fully saturated rings. The van der Waals surface area contributed by atoms with Crippen molar-refractivity contribution in [2.45, 2.75) is 13.8 Å². The highest BCUT2D eigenvalue weighted by Crippen LogP contribution is 2.18. The van der Waals surface area contributed by atoms with E-state index in [9.17, 15) is 4.79 Å². The van der Waals surface area contributed by atoms with Gasteiger partial charge in [0.25, 0.3) is 5.91 Å². The van der Waals surface area contributed by atoms with Gasteiger partial charge in [0.1, 0.15) is 5.03 Å². The lowest BCUT2D eigenvalue weighted by atomic mass is 10.1. The minimum atomic E-state index is -0.303. The van der Waals surface area contributed by atoms with Gasteiger partial charge < -0.3 is 5.32 Å². The van der Waals surface area contributed by atoms with Crippen LogP contribution in [-0.4, -0.2) is 5.91 Å². The molecule has 2 nitrogen and oxygen atoms in total. The van der Waals surface area contributed by atoms with Crippen LogP contribution in [0.3, 0.4) is 0 Å². The molecule has 1 amide bonds. The van der Waals surface area contributed by atoms with Crippen molar-refractivity contribution in [3.05, 3.63) is 70.3 Å². The van der Waals surface area contributed by atoms with E-state index < -0.39 is 0 Å². The average molecular weight is 286 g/mol. The van der Waals surface area contributed by atoms with Gasteiger partial charge in [-0.25, -0.2) is 0 Å². The number of aryl methyl sites for hydroxylation is 2. The first-order valence-electron chi connectivity index (χ1n) is 6.37. The third kappa shape index (κ3) is 3.72. The van der Waals surface area contributed by atoms with Gasteiger partial charge in [-0.05, 0) is 37.1 Å². The van der Waals surface area contributed by atoms with Crippen LogP contribution >= 0.6 is 11.6 Å². The van der Waals surface area contributed by atoms with E-state index in [4.69, 9.17) is 11.6 Å². The molecular weight excluding hydrogens is 270 g/mol. The number of hydrogen-bond donors (Lipinski definition) is 1. The molecule has 0 aromatic heterocycles. The SMILES string of the molecule is Cc1ccc(NC(=O)C(Cl)=Cc2ccccc2)c(C)c1. The predicted octanol–water partition coefficient (Wildman–Crippen LogP) is 4.52. The summed E-state index contributed by atoms with van der Waals surface area (Å²) in [6.07, 6.45) is 1.65. The van der Waals surface area contributed by atoms with E-state index in [1.807, 2.05) is 62.4 Å². The van der Waals surface area contributed by atoms with Crippen LogP contribution in [-0.2, 0) is 4.79 Å². The van der Waals surface area contributed by atoms with Crippen LogP contribution < -0.4 is 5.32 Å². The summed E-state index contributed by atoms with van der Waals surface area (Å²) in [5, 5.41) is 2.98. The average Bonchev–Trinajstić information content (AvgIpc) is 2.43. The van der Waals surface area contributed by atoms with Crippen LogP contribution in [0.15, 0.2) is 53.6 Å². The van der Waals surface area contributed by atoms with Gasteiger partial charge in [-0.15, -0.1) is 0 Å². The molecule has 0 aliphatic rings. The highest BCUT2D eigenvalue weighted by molar-refractivity contribution is 6.45. The number of amides is 1.